The monoisotopic (exact) mass is 351 g/mol. The smallest absolute Gasteiger partial charge is 0.227 e. The number of nitrogens with zero attached hydrogens (tertiary/aromatic N) is 2. The van der Waals surface area contributed by atoms with Crippen LogP contribution >= 0.6 is 11.3 Å². The van der Waals surface area contributed by atoms with E-state index in [9.17, 15) is 4.79 Å². The lowest BCUT2D eigenvalue weighted by molar-refractivity contribution is -0.121. The van der Waals surface area contributed by atoms with Crippen LogP contribution in [0.2, 0.25) is 0 Å². The summed E-state index contributed by atoms with van der Waals surface area (Å²) >= 11 is 1.54. The zero-order chi connectivity index (χ0) is 17.9. The van der Waals surface area contributed by atoms with Crippen LogP contribution in [0.15, 0.2) is 41.9 Å². The molecule has 3 rings (SSSR count). The van der Waals surface area contributed by atoms with Crippen molar-refractivity contribution in [3.05, 3.63) is 47.6 Å². The van der Waals surface area contributed by atoms with E-state index in [1.165, 1.54) is 11.3 Å². The van der Waals surface area contributed by atoms with E-state index in [1.807, 2.05) is 60.2 Å². The molecule has 0 unspecified atom stereocenters. The SMILES string of the molecule is C#CC(CC)(CC)NC(=O)Cc1csc2nc(-c3ccccc3)cn12. The number of imidazole rings is 1. The van der Waals surface area contributed by atoms with Gasteiger partial charge in [-0.05, 0) is 12.8 Å². The fourth-order valence-corrected chi connectivity index (χ4v) is 3.72. The van der Waals surface area contributed by atoms with Crippen molar-refractivity contribution < 1.29 is 4.79 Å². The molecule has 2 aromatic heterocycles. The number of amides is 1. The highest BCUT2D eigenvalue weighted by molar-refractivity contribution is 7.15. The van der Waals surface area contributed by atoms with Crippen molar-refractivity contribution in [2.24, 2.45) is 0 Å². The summed E-state index contributed by atoms with van der Waals surface area (Å²) in [4.78, 5) is 18.0. The summed E-state index contributed by atoms with van der Waals surface area (Å²) in [5, 5.41) is 5.00. The maximum absolute atomic E-state index is 12.5. The molecule has 128 valence electrons. The molecule has 0 atom stereocenters. The standard InChI is InChI=1S/C20H21N3OS/c1-4-20(5-2,6-3)22-18(24)12-16-14-25-19-21-17(13-23(16)19)15-10-8-7-9-11-15/h1,7-11,13-14H,5-6,12H2,2-3H3,(H,22,24). The Morgan fingerprint density at radius 2 is 2.04 bits per heavy atom. The Labute approximate surface area is 151 Å². The van der Waals surface area contributed by atoms with E-state index >= 15 is 0 Å². The molecule has 0 fully saturated rings. The molecule has 2 heterocycles. The van der Waals surface area contributed by atoms with Gasteiger partial charge in [0.15, 0.2) is 4.96 Å². The van der Waals surface area contributed by atoms with E-state index in [2.05, 4.69) is 16.2 Å². The molecule has 0 aliphatic carbocycles. The second-order valence-electron chi connectivity index (χ2n) is 6.03. The third-order valence-electron chi connectivity index (χ3n) is 4.56. The number of fused-ring (bicyclic) bond motifs is 1. The Bertz CT molecular complexity index is 913. The molecule has 4 nitrogen and oxygen atoms in total. The van der Waals surface area contributed by atoms with Gasteiger partial charge >= 0.3 is 0 Å². The third-order valence-corrected chi connectivity index (χ3v) is 5.45. The Kier molecular flexibility index (Phi) is 4.91. The van der Waals surface area contributed by atoms with Crippen molar-refractivity contribution in [3.8, 4) is 23.6 Å². The van der Waals surface area contributed by atoms with Crippen LogP contribution in [-0.2, 0) is 11.2 Å². The second-order valence-corrected chi connectivity index (χ2v) is 6.87. The molecule has 0 saturated heterocycles. The Morgan fingerprint density at radius 1 is 1.32 bits per heavy atom. The number of terminal acetylenes is 1. The highest BCUT2D eigenvalue weighted by atomic mass is 32.1. The number of rotatable bonds is 6. The third kappa shape index (κ3) is 3.45. The van der Waals surface area contributed by atoms with Gasteiger partial charge in [-0.15, -0.1) is 17.8 Å². The Balaban J connectivity index is 1.82. The first kappa shape index (κ1) is 17.2. The van der Waals surface area contributed by atoms with Crippen molar-refractivity contribution in [2.45, 2.75) is 38.6 Å². The van der Waals surface area contributed by atoms with Crippen LogP contribution in [0, 0.1) is 12.3 Å². The number of carbonyl (C=O) groups excluding carboxylic acids is 1. The average Bonchev–Trinajstić information content (AvgIpc) is 3.23. The zero-order valence-electron chi connectivity index (χ0n) is 14.5. The molecule has 0 aliphatic heterocycles. The highest BCUT2D eigenvalue weighted by Gasteiger charge is 2.25. The molecule has 1 amide bonds. The van der Waals surface area contributed by atoms with Gasteiger partial charge in [-0.2, -0.15) is 0 Å². The summed E-state index contributed by atoms with van der Waals surface area (Å²) in [7, 11) is 0. The number of hydrogen-bond acceptors (Lipinski definition) is 3. The summed E-state index contributed by atoms with van der Waals surface area (Å²) in [6, 6.07) is 10.0. The van der Waals surface area contributed by atoms with Gasteiger partial charge in [-0.1, -0.05) is 50.1 Å². The summed E-state index contributed by atoms with van der Waals surface area (Å²) < 4.78 is 1.99. The van der Waals surface area contributed by atoms with Gasteiger partial charge in [0.1, 0.15) is 5.54 Å². The van der Waals surface area contributed by atoms with E-state index in [1.54, 1.807) is 0 Å². The number of hydrogen-bond donors (Lipinski definition) is 1. The molecule has 0 aliphatic rings. The van der Waals surface area contributed by atoms with Crippen LogP contribution < -0.4 is 5.32 Å². The van der Waals surface area contributed by atoms with Gasteiger partial charge in [0.2, 0.25) is 5.91 Å². The van der Waals surface area contributed by atoms with Crippen LogP contribution in [0.4, 0.5) is 0 Å². The van der Waals surface area contributed by atoms with Gasteiger partial charge in [0, 0.05) is 22.8 Å². The van der Waals surface area contributed by atoms with Gasteiger partial charge < -0.3 is 5.32 Å². The minimum Gasteiger partial charge on any atom is -0.339 e. The number of nitrogens with one attached hydrogen (secondary N) is 1. The summed E-state index contributed by atoms with van der Waals surface area (Å²) in [6.07, 6.45) is 9.33. The molecule has 25 heavy (non-hydrogen) atoms. The maximum Gasteiger partial charge on any atom is 0.227 e. The lowest BCUT2D eigenvalue weighted by atomic mass is 9.93. The first-order valence-electron chi connectivity index (χ1n) is 8.40. The Hall–Kier alpha value is -2.58. The maximum atomic E-state index is 12.5. The largest absolute Gasteiger partial charge is 0.339 e. The van der Waals surface area contributed by atoms with Crippen molar-refractivity contribution >= 4 is 22.2 Å². The topological polar surface area (TPSA) is 46.4 Å². The normalized spacial score (nSPS) is 11.4. The van der Waals surface area contributed by atoms with E-state index in [4.69, 9.17) is 6.42 Å². The highest BCUT2D eigenvalue weighted by Crippen LogP contribution is 2.24. The molecule has 5 heteroatoms. The predicted octanol–water partition coefficient (Wildman–Crippen LogP) is 3.91. The zero-order valence-corrected chi connectivity index (χ0v) is 15.3. The molecule has 0 radical (unpaired) electrons. The number of benzene rings is 1. The van der Waals surface area contributed by atoms with E-state index < -0.39 is 5.54 Å². The number of aromatic nitrogens is 2. The van der Waals surface area contributed by atoms with Gasteiger partial charge in [0.25, 0.3) is 0 Å². The van der Waals surface area contributed by atoms with E-state index in [0.717, 1.165) is 21.9 Å². The Morgan fingerprint density at radius 3 is 2.68 bits per heavy atom. The van der Waals surface area contributed by atoms with Crippen LogP contribution in [-0.4, -0.2) is 20.8 Å². The molecule has 1 aromatic carbocycles. The number of carbonyl (C=O) groups is 1. The average molecular weight is 351 g/mol. The minimum atomic E-state index is -0.559. The first-order chi connectivity index (χ1) is 12.1. The number of thiazole rings is 1. The predicted molar refractivity (Wildman–Crippen MR) is 102 cm³/mol. The fourth-order valence-electron chi connectivity index (χ4n) is 2.85. The van der Waals surface area contributed by atoms with Crippen LogP contribution in [0.5, 0.6) is 0 Å². The molecular formula is C20H21N3OS. The summed E-state index contributed by atoms with van der Waals surface area (Å²) in [5.41, 5.74) is 2.34. The van der Waals surface area contributed by atoms with Crippen molar-refractivity contribution in [3.63, 3.8) is 0 Å². The molecule has 1 N–H and O–H groups in total. The minimum absolute atomic E-state index is 0.0590. The second kappa shape index (κ2) is 7.12. The summed E-state index contributed by atoms with van der Waals surface area (Å²) in [6.45, 7) is 3.99. The van der Waals surface area contributed by atoms with Crippen molar-refractivity contribution in [1.82, 2.24) is 14.7 Å². The van der Waals surface area contributed by atoms with Crippen molar-refractivity contribution in [1.29, 1.82) is 0 Å². The van der Waals surface area contributed by atoms with Gasteiger partial charge in [-0.3, -0.25) is 9.20 Å². The molecular weight excluding hydrogens is 330 g/mol. The fraction of sp³-hybridized carbons (Fsp3) is 0.300. The molecule has 0 spiro atoms. The van der Waals surface area contributed by atoms with Crippen LogP contribution in [0.1, 0.15) is 32.4 Å². The van der Waals surface area contributed by atoms with E-state index in [-0.39, 0.29) is 12.3 Å². The molecule has 0 saturated carbocycles. The quantitative estimate of drug-likeness (QED) is 0.684. The molecule has 0 bridgehead atoms. The first-order valence-corrected chi connectivity index (χ1v) is 9.28. The van der Waals surface area contributed by atoms with Gasteiger partial charge in [-0.25, -0.2) is 4.98 Å². The molecule has 3 aromatic rings. The lowest BCUT2D eigenvalue weighted by Gasteiger charge is -2.26. The van der Waals surface area contributed by atoms with E-state index in [0.29, 0.717) is 12.8 Å². The van der Waals surface area contributed by atoms with Crippen molar-refractivity contribution in [2.75, 3.05) is 0 Å². The van der Waals surface area contributed by atoms with Gasteiger partial charge in [0.05, 0.1) is 12.1 Å². The van der Waals surface area contributed by atoms with Crippen LogP contribution in [0.25, 0.3) is 16.2 Å². The summed E-state index contributed by atoms with van der Waals surface area (Å²) in [5.74, 6) is 2.68. The van der Waals surface area contributed by atoms with Crippen LogP contribution in [0.3, 0.4) is 0 Å². The lowest BCUT2D eigenvalue weighted by Crippen LogP contribution is -2.47.